The topological polar surface area (TPSA) is 101 Å². The maximum absolute atomic E-state index is 10.6. The first kappa shape index (κ1) is 8.99. The molecule has 1 rings (SSSR count). The zero-order chi connectivity index (χ0) is 9.52. The molecular weight excluding hydrogens is 162 g/mol. The van der Waals surface area contributed by atoms with Crippen LogP contribution in [-0.4, -0.2) is 27.7 Å². The minimum absolute atomic E-state index is 0.370. The van der Waals surface area contributed by atoms with Crippen molar-refractivity contribution in [2.45, 2.75) is 18.9 Å². The molecule has 0 aliphatic heterocycles. The quantitative estimate of drug-likeness (QED) is 0.534. The molecule has 0 spiro atoms. The number of carboxylic acid groups (broad SMARTS) is 2. The van der Waals surface area contributed by atoms with Crippen LogP contribution < -0.4 is 5.73 Å². The Morgan fingerprint density at radius 2 is 2.00 bits per heavy atom. The van der Waals surface area contributed by atoms with Crippen LogP contribution in [0.2, 0.25) is 0 Å². The molecule has 0 aromatic carbocycles. The predicted molar refractivity (Wildman–Crippen MR) is 39.5 cm³/mol. The molecule has 1 saturated carbocycles. The van der Waals surface area contributed by atoms with Gasteiger partial charge in [-0.05, 0) is 13.3 Å². The Bertz CT molecular complexity index is 236. The second kappa shape index (κ2) is 2.45. The van der Waals surface area contributed by atoms with Gasteiger partial charge in [0.25, 0.3) is 0 Å². The van der Waals surface area contributed by atoms with Gasteiger partial charge in [0.2, 0.25) is 0 Å². The molecular formula is C7H11NO4. The van der Waals surface area contributed by atoms with Gasteiger partial charge in [0, 0.05) is 5.92 Å². The van der Waals surface area contributed by atoms with Gasteiger partial charge < -0.3 is 15.9 Å². The number of hydrogen-bond acceptors (Lipinski definition) is 3. The average Bonchev–Trinajstić information content (AvgIpc) is 2.63. The zero-order valence-electron chi connectivity index (χ0n) is 6.65. The van der Waals surface area contributed by atoms with Crippen molar-refractivity contribution in [3.63, 3.8) is 0 Å². The molecule has 1 unspecified atom stereocenters. The number of rotatable bonds is 3. The molecule has 0 saturated heterocycles. The van der Waals surface area contributed by atoms with Gasteiger partial charge in [-0.2, -0.15) is 0 Å². The van der Waals surface area contributed by atoms with E-state index in [1.807, 2.05) is 0 Å². The summed E-state index contributed by atoms with van der Waals surface area (Å²) >= 11 is 0. The van der Waals surface area contributed by atoms with Crippen molar-refractivity contribution >= 4 is 11.9 Å². The SMILES string of the molecule is C[C@](N)(C(=O)O)[C@H]1CC1C(=O)O. The number of hydrogen-bond donors (Lipinski definition) is 3. The third kappa shape index (κ3) is 1.27. The molecule has 0 aromatic rings. The van der Waals surface area contributed by atoms with Gasteiger partial charge in [-0.3, -0.25) is 9.59 Å². The molecule has 12 heavy (non-hydrogen) atoms. The lowest BCUT2D eigenvalue weighted by atomic mass is 9.96. The Morgan fingerprint density at radius 3 is 2.25 bits per heavy atom. The Hall–Kier alpha value is -1.10. The van der Waals surface area contributed by atoms with Crippen molar-refractivity contribution in [1.82, 2.24) is 0 Å². The second-order valence-electron chi connectivity index (χ2n) is 3.37. The Kier molecular flexibility index (Phi) is 1.83. The molecule has 1 aliphatic carbocycles. The molecule has 68 valence electrons. The molecule has 1 aliphatic rings. The van der Waals surface area contributed by atoms with Crippen LogP contribution in [0.4, 0.5) is 0 Å². The van der Waals surface area contributed by atoms with Crippen LogP contribution >= 0.6 is 0 Å². The normalized spacial score (nSPS) is 32.2. The fraction of sp³-hybridized carbons (Fsp3) is 0.714. The summed E-state index contributed by atoms with van der Waals surface area (Å²) in [4.78, 5) is 20.9. The van der Waals surface area contributed by atoms with Crippen LogP contribution in [0.15, 0.2) is 0 Å². The number of carboxylic acids is 2. The van der Waals surface area contributed by atoms with Crippen LogP contribution in [0.5, 0.6) is 0 Å². The van der Waals surface area contributed by atoms with E-state index in [1.165, 1.54) is 6.92 Å². The van der Waals surface area contributed by atoms with Gasteiger partial charge >= 0.3 is 11.9 Å². The second-order valence-corrected chi connectivity index (χ2v) is 3.37. The van der Waals surface area contributed by atoms with Gasteiger partial charge in [0.1, 0.15) is 5.54 Å². The van der Waals surface area contributed by atoms with Gasteiger partial charge in [0.05, 0.1) is 5.92 Å². The maximum atomic E-state index is 10.6. The Balaban J connectivity index is 2.64. The summed E-state index contributed by atoms with van der Waals surface area (Å²) in [5.74, 6) is -3.10. The summed E-state index contributed by atoms with van der Waals surface area (Å²) in [7, 11) is 0. The van der Waals surface area contributed by atoms with E-state index >= 15 is 0 Å². The lowest BCUT2D eigenvalue weighted by Gasteiger charge is -2.18. The van der Waals surface area contributed by atoms with Crippen molar-refractivity contribution in [3.8, 4) is 0 Å². The summed E-state index contributed by atoms with van der Waals surface area (Å²) in [6.45, 7) is 1.35. The van der Waals surface area contributed by atoms with Crippen LogP contribution in [0.3, 0.4) is 0 Å². The Labute approximate surface area is 69.2 Å². The van der Waals surface area contributed by atoms with Crippen molar-refractivity contribution in [2.24, 2.45) is 17.6 Å². The molecule has 5 nitrogen and oxygen atoms in total. The van der Waals surface area contributed by atoms with E-state index in [2.05, 4.69) is 0 Å². The van der Waals surface area contributed by atoms with Gasteiger partial charge in [-0.1, -0.05) is 0 Å². The fourth-order valence-corrected chi connectivity index (χ4v) is 1.29. The fourth-order valence-electron chi connectivity index (χ4n) is 1.29. The first-order valence-corrected chi connectivity index (χ1v) is 3.62. The predicted octanol–water partition coefficient (Wildman–Crippen LogP) is -0.491. The van der Waals surface area contributed by atoms with Crippen LogP contribution in [0.25, 0.3) is 0 Å². The van der Waals surface area contributed by atoms with Gasteiger partial charge in [0.15, 0.2) is 0 Å². The van der Waals surface area contributed by atoms with E-state index in [1.54, 1.807) is 0 Å². The highest BCUT2D eigenvalue weighted by molar-refractivity contribution is 5.82. The molecule has 0 bridgehead atoms. The van der Waals surface area contributed by atoms with Gasteiger partial charge in [-0.25, -0.2) is 0 Å². The standard InChI is InChI=1S/C7H11NO4/c1-7(8,6(11)12)4-2-3(4)5(9)10/h3-4H,2,8H2,1H3,(H,9,10)(H,11,12)/t3?,4-,7+/m0/s1. The van der Waals surface area contributed by atoms with Crippen molar-refractivity contribution < 1.29 is 19.8 Å². The van der Waals surface area contributed by atoms with E-state index in [9.17, 15) is 9.59 Å². The highest BCUT2D eigenvalue weighted by Gasteiger charge is 2.55. The monoisotopic (exact) mass is 173 g/mol. The maximum Gasteiger partial charge on any atom is 0.323 e. The van der Waals surface area contributed by atoms with Crippen LogP contribution in [-0.2, 0) is 9.59 Å². The van der Waals surface area contributed by atoms with E-state index in [0.29, 0.717) is 6.42 Å². The summed E-state index contributed by atoms with van der Waals surface area (Å²) in [6.07, 6.45) is 0.370. The summed E-state index contributed by atoms with van der Waals surface area (Å²) < 4.78 is 0. The van der Waals surface area contributed by atoms with E-state index in [4.69, 9.17) is 15.9 Å². The molecule has 0 amide bonds. The van der Waals surface area contributed by atoms with Crippen LogP contribution in [0.1, 0.15) is 13.3 Å². The number of aliphatic carboxylic acids is 2. The highest BCUT2D eigenvalue weighted by atomic mass is 16.4. The number of carbonyl (C=O) groups is 2. The average molecular weight is 173 g/mol. The third-order valence-electron chi connectivity index (χ3n) is 2.34. The third-order valence-corrected chi connectivity index (χ3v) is 2.34. The van der Waals surface area contributed by atoms with Crippen molar-refractivity contribution in [3.05, 3.63) is 0 Å². The van der Waals surface area contributed by atoms with Crippen molar-refractivity contribution in [1.29, 1.82) is 0 Å². The summed E-state index contributed by atoms with van der Waals surface area (Å²) in [5.41, 5.74) is 4.03. The van der Waals surface area contributed by atoms with E-state index in [-0.39, 0.29) is 0 Å². The molecule has 5 heteroatoms. The first-order valence-electron chi connectivity index (χ1n) is 3.62. The lowest BCUT2D eigenvalue weighted by Crippen LogP contribution is -2.47. The smallest absolute Gasteiger partial charge is 0.323 e. The zero-order valence-corrected chi connectivity index (χ0v) is 6.65. The molecule has 0 aromatic heterocycles. The minimum atomic E-state index is -1.40. The first-order chi connectivity index (χ1) is 5.37. The molecule has 0 heterocycles. The van der Waals surface area contributed by atoms with Gasteiger partial charge in [-0.15, -0.1) is 0 Å². The minimum Gasteiger partial charge on any atom is -0.481 e. The Morgan fingerprint density at radius 1 is 1.50 bits per heavy atom. The molecule has 3 atom stereocenters. The molecule has 4 N–H and O–H groups in total. The van der Waals surface area contributed by atoms with E-state index in [0.717, 1.165) is 0 Å². The van der Waals surface area contributed by atoms with Crippen molar-refractivity contribution in [2.75, 3.05) is 0 Å². The molecule has 0 radical (unpaired) electrons. The van der Waals surface area contributed by atoms with Crippen LogP contribution in [0, 0.1) is 11.8 Å². The summed E-state index contributed by atoms with van der Waals surface area (Å²) in [6, 6.07) is 0. The number of nitrogens with two attached hydrogens (primary N) is 1. The lowest BCUT2D eigenvalue weighted by molar-refractivity contribution is -0.144. The summed E-state index contributed by atoms with van der Waals surface area (Å²) in [5, 5.41) is 17.2. The highest BCUT2D eigenvalue weighted by Crippen LogP contribution is 2.45. The van der Waals surface area contributed by atoms with E-state index < -0.39 is 29.3 Å². The molecule has 1 fully saturated rings. The largest absolute Gasteiger partial charge is 0.481 e.